The molecule has 1 aliphatic heterocycles. The van der Waals surface area contributed by atoms with E-state index in [4.69, 9.17) is 18.3 Å². The second-order valence-electron chi connectivity index (χ2n) is 9.10. The summed E-state index contributed by atoms with van der Waals surface area (Å²) in [7, 11) is -4.81. The number of ether oxygens (including phenoxy) is 1. The Morgan fingerprint density at radius 1 is 0.897 bits per heavy atom. The number of ketones is 3. The first kappa shape index (κ1) is 30.9. The number of carbonyl (C=O) groups excluding carboxylic acids is 3. The lowest BCUT2D eigenvalue weighted by molar-refractivity contribution is -0.324. The van der Waals surface area contributed by atoms with Crippen molar-refractivity contribution in [2.24, 2.45) is 0 Å². The van der Waals surface area contributed by atoms with E-state index in [1.165, 1.54) is 0 Å². The average molecular weight is 568 g/mol. The molecule has 1 heterocycles. The predicted octanol–water partition coefficient (Wildman–Crippen LogP) is 2.20. The minimum Gasteiger partial charge on any atom is -0.382 e. The lowest BCUT2D eigenvalue weighted by atomic mass is 9.67. The van der Waals surface area contributed by atoms with E-state index < -0.39 is 61.0 Å². The predicted molar refractivity (Wildman–Crippen MR) is 133 cm³/mol. The maximum absolute atomic E-state index is 15.9. The standard InChI is InChI=1S/C26H30FO11P/c1-16(28)21(31)23-26(33,18(3)30)25(32,17(2)29)22(27)24(37-23)38-39(34,35-14-19-10-6-4-7-11-19)36-15-20-12-8-5-9-13-20/h4-13,21-24,31-33H,14-15H2,1-3H3/t21?,22-,23-,24?,25-,26-/m1/s1. The topological polar surface area (TPSA) is 166 Å². The van der Waals surface area contributed by atoms with Gasteiger partial charge in [0.1, 0.15) is 12.2 Å². The van der Waals surface area contributed by atoms with Gasteiger partial charge in [0.05, 0.1) is 13.2 Å². The smallest absolute Gasteiger partial charge is 0.382 e. The van der Waals surface area contributed by atoms with Crippen LogP contribution in [0.4, 0.5) is 4.39 Å². The zero-order chi connectivity index (χ0) is 29.0. The van der Waals surface area contributed by atoms with Crippen LogP contribution in [-0.2, 0) is 50.5 Å². The van der Waals surface area contributed by atoms with Crippen LogP contribution in [0.5, 0.6) is 0 Å². The van der Waals surface area contributed by atoms with E-state index in [0.29, 0.717) is 25.0 Å². The van der Waals surface area contributed by atoms with Crippen molar-refractivity contribution in [2.45, 2.75) is 69.9 Å². The van der Waals surface area contributed by atoms with Gasteiger partial charge in [-0.2, -0.15) is 0 Å². The number of halogens is 1. The maximum Gasteiger partial charge on any atom is 0.477 e. The Morgan fingerprint density at radius 2 is 1.33 bits per heavy atom. The molecule has 0 aromatic heterocycles. The fraction of sp³-hybridized carbons (Fsp3) is 0.423. The number of phosphoric acid groups is 1. The molecule has 3 N–H and O–H groups in total. The van der Waals surface area contributed by atoms with Crippen LogP contribution >= 0.6 is 7.82 Å². The highest BCUT2D eigenvalue weighted by atomic mass is 31.2. The third-order valence-electron chi connectivity index (χ3n) is 6.39. The van der Waals surface area contributed by atoms with E-state index in [0.717, 1.165) is 6.92 Å². The van der Waals surface area contributed by atoms with Crippen LogP contribution in [0.25, 0.3) is 0 Å². The molecule has 39 heavy (non-hydrogen) atoms. The lowest BCUT2D eigenvalue weighted by Gasteiger charge is -2.52. The molecule has 1 fully saturated rings. The Labute approximate surface area is 224 Å². The van der Waals surface area contributed by atoms with Crippen LogP contribution in [0.1, 0.15) is 31.9 Å². The molecule has 0 radical (unpaired) electrons. The SMILES string of the molecule is CC(=O)C(O)[C@H]1OC(OP(=O)(OCc2ccccc2)OCc2ccccc2)[C@@H](F)[C@](O)(C(C)=O)[C@@]1(O)C(C)=O. The number of aliphatic hydroxyl groups excluding tert-OH is 1. The average Bonchev–Trinajstić information content (AvgIpc) is 2.91. The number of Topliss-reactive ketones (excluding diaryl/α,β-unsaturated/α-hetero) is 3. The van der Waals surface area contributed by atoms with E-state index in [9.17, 15) is 34.3 Å². The number of benzene rings is 2. The van der Waals surface area contributed by atoms with Crippen molar-refractivity contribution in [3.63, 3.8) is 0 Å². The Bertz CT molecular complexity index is 1180. The summed E-state index contributed by atoms with van der Waals surface area (Å²) in [6.07, 6.45) is -10.3. The fourth-order valence-corrected chi connectivity index (χ4v) is 5.36. The van der Waals surface area contributed by atoms with Crippen LogP contribution in [0, 0.1) is 0 Å². The number of carbonyl (C=O) groups is 3. The van der Waals surface area contributed by atoms with Crippen molar-refractivity contribution in [2.75, 3.05) is 0 Å². The van der Waals surface area contributed by atoms with Crippen molar-refractivity contribution in [3.8, 4) is 0 Å². The molecule has 2 aromatic carbocycles. The number of hydrogen-bond acceptors (Lipinski definition) is 11. The van der Waals surface area contributed by atoms with Crippen molar-refractivity contribution in [3.05, 3.63) is 71.8 Å². The van der Waals surface area contributed by atoms with Crippen LogP contribution in [0.15, 0.2) is 60.7 Å². The molecule has 0 saturated carbocycles. The van der Waals surface area contributed by atoms with Crippen LogP contribution in [0.2, 0.25) is 0 Å². The van der Waals surface area contributed by atoms with E-state index in [1.54, 1.807) is 60.7 Å². The summed E-state index contributed by atoms with van der Waals surface area (Å²) in [6, 6.07) is 16.7. The highest BCUT2D eigenvalue weighted by molar-refractivity contribution is 7.48. The number of phosphoric ester groups is 1. The fourth-order valence-electron chi connectivity index (χ4n) is 4.14. The van der Waals surface area contributed by atoms with Gasteiger partial charge < -0.3 is 20.1 Å². The Hall–Kier alpha value is -2.67. The van der Waals surface area contributed by atoms with Gasteiger partial charge in [-0.3, -0.25) is 28.0 Å². The quantitative estimate of drug-likeness (QED) is 0.321. The zero-order valence-electron chi connectivity index (χ0n) is 21.4. The highest BCUT2D eigenvalue weighted by Crippen LogP contribution is 2.55. The lowest BCUT2D eigenvalue weighted by Crippen LogP contribution is -2.80. The summed E-state index contributed by atoms with van der Waals surface area (Å²) in [5.74, 6) is -3.88. The second kappa shape index (κ2) is 12.2. The summed E-state index contributed by atoms with van der Waals surface area (Å²) in [4.78, 5) is 36.9. The normalized spacial score (nSPS) is 28.0. The van der Waals surface area contributed by atoms with Crippen molar-refractivity contribution < 1.29 is 57.0 Å². The van der Waals surface area contributed by atoms with Gasteiger partial charge >= 0.3 is 7.82 Å². The third kappa shape index (κ3) is 6.24. The molecule has 3 rings (SSSR count). The molecule has 13 heteroatoms. The number of rotatable bonds is 12. The summed E-state index contributed by atoms with van der Waals surface area (Å²) in [5.41, 5.74) is -5.93. The number of aliphatic hydroxyl groups is 3. The molecule has 6 atom stereocenters. The minimum absolute atomic E-state index is 0.343. The Kier molecular flexibility index (Phi) is 9.69. The van der Waals surface area contributed by atoms with Crippen molar-refractivity contribution in [1.82, 2.24) is 0 Å². The number of hydrogen-bond donors (Lipinski definition) is 3. The number of alkyl halides is 1. The summed E-state index contributed by atoms with van der Waals surface area (Å²) < 4.78 is 50.9. The first-order valence-electron chi connectivity index (χ1n) is 11.9. The highest BCUT2D eigenvalue weighted by Gasteiger charge is 2.73. The van der Waals surface area contributed by atoms with Gasteiger partial charge in [0.15, 0.2) is 34.7 Å². The van der Waals surface area contributed by atoms with Gasteiger partial charge in [-0.1, -0.05) is 60.7 Å². The molecule has 0 spiro atoms. The maximum atomic E-state index is 15.9. The van der Waals surface area contributed by atoms with Crippen LogP contribution < -0.4 is 0 Å². The van der Waals surface area contributed by atoms with Crippen molar-refractivity contribution in [1.29, 1.82) is 0 Å². The first-order chi connectivity index (χ1) is 18.3. The Balaban J connectivity index is 2.00. The van der Waals surface area contributed by atoms with Crippen LogP contribution in [0.3, 0.4) is 0 Å². The molecular weight excluding hydrogens is 538 g/mol. The van der Waals surface area contributed by atoms with Crippen LogP contribution in [-0.4, -0.2) is 68.5 Å². The van der Waals surface area contributed by atoms with Gasteiger partial charge in [-0.05, 0) is 31.9 Å². The van der Waals surface area contributed by atoms with E-state index in [2.05, 4.69) is 0 Å². The van der Waals surface area contributed by atoms with E-state index in [1.807, 2.05) is 0 Å². The molecule has 0 bridgehead atoms. The monoisotopic (exact) mass is 568 g/mol. The largest absolute Gasteiger partial charge is 0.477 e. The third-order valence-corrected chi connectivity index (χ3v) is 7.74. The van der Waals surface area contributed by atoms with E-state index in [-0.39, 0.29) is 13.2 Å². The Morgan fingerprint density at radius 3 is 1.72 bits per heavy atom. The summed E-state index contributed by atoms with van der Waals surface area (Å²) >= 11 is 0. The van der Waals surface area contributed by atoms with E-state index >= 15 is 4.39 Å². The first-order valence-corrected chi connectivity index (χ1v) is 13.3. The molecule has 2 aromatic rings. The molecule has 11 nitrogen and oxygen atoms in total. The van der Waals surface area contributed by atoms with Gasteiger partial charge in [0.2, 0.25) is 6.29 Å². The molecule has 212 valence electrons. The second-order valence-corrected chi connectivity index (χ2v) is 10.7. The summed E-state index contributed by atoms with van der Waals surface area (Å²) in [5, 5.41) is 32.7. The molecule has 2 unspecified atom stereocenters. The van der Waals surface area contributed by atoms with Gasteiger partial charge in [-0.25, -0.2) is 8.96 Å². The molecule has 0 aliphatic carbocycles. The van der Waals surface area contributed by atoms with Crippen molar-refractivity contribution >= 4 is 25.2 Å². The van der Waals surface area contributed by atoms with Gasteiger partial charge in [0, 0.05) is 0 Å². The molecule has 1 saturated heterocycles. The molecular formula is C26H30FO11P. The van der Waals surface area contributed by atoms with Gasteiger partial charge in [0.25, 0.3) is 0 Å². The molecule has 1 aliphatic rings. The zero-order valence-corrected chi connectivity index (χ0v) is 22.3. The summed E-state index contributed by atoms with van der Waals surface area (Å²) in [6.45, 7) is 1.57. The molecule has 0 amide bonds. The van der Waals surface area contributed by atoms with Gasteiger partial charge in [-0.15, -0.1) is 0 Å². The minimum atomic E-state index is -4.81.